The number of ether oxygens (including phenoxy) is 1. The summed E-state index contributed by atoms with van der Waals surface area (Å²) in [6.45, 7) is 9.73. The van der Waals surface area contributed by atoms with Crippen LogP contribution in [-0.2, 0) is 4.74 Å². The Morgan fingerprint density at radius 3 is 2.88 bits per heavy atom. The molecule has 1 aromatic rings. The number of carbonyl (C=O) groups is 1. The van der Waals surface area contributed by atoms with Gasteiger partial charge in [0.1, 0.15) is 5.60 Å². The molecule has 134 valence electrons. The average molecular weight is 334 g/mol. The molecule has 0 aromatic heterocycles. The Hall–Kier alpha value is -1.75. The molecule has 1 amide bonds. The van der Waals surface area contributed by atoms with Crippen LogP contribution >= 0.6 is 0 Å². The molecule has 1 aliphatic heterocycles. The van der Waals surface area contributed by atoms with Crippen LogP contribution in [0.5, 0.6) is 0 Å². The fourth-order valence-corrected chi connectivity index (χ4v) is 2.89. The van der Waals surface area contributed by atoms with Crippen LogP contribution in [-0.4, -0.2) is 41.3 Å². The minimum Gasteiger partial charge on any atom is -0.444 e. The van der Waals surface area contributed by atoms with E-state index in [1.807, 2.05) is 49.9 Å². The van der Waals surface area contributed by atoms with E-state index in [0.717, 1.165) is 43.7 Å². The lowest BCUT2D eigenvalue weighted by Gasteiger charge is -2.34. The minimum absolute atomic E-state index is 0.219. The monoisotopic (exact) mass is 334 g/mol. The molecule has 2 unspecified atom stereocenters. The van der Waals surface area contributed by atoms with Gasteiger partial charge in [-0.2, -0.15) is 0 Å². The summed E-state index contributed by atoms with van der Waals surface area (Å²) in [5.41, 5.74) is 1.45. The first-order valence-corrected chi connectivity index (χ1v) is 8.74. The molecule has 0 spiro atoms. The number of piperidine rings is 1. The summed E-state index contributed by atoms with van der Waals surface area (Å²) >= 11 is 0. The molecule has 1 fully saturated rings. The lowest BCUT2D eigenvalue weighted by molar-refractivity contribution is 0.0172. The lowest BCUT2D eigenvalue weighted by Crippen LogP contribution is -2.44. The summed E-state index contributed by atoms with van der Waals surface area (Å²) in [7, 11) is 0. The highest BCUT2D eigenvalue weighted by molar-refractivity contribution is 5.68. The van der Waals surface area contributed by atoms with Crippen LogP contribution in [0.25, 0.3) is 0 Å². The van der Waals surface area contributed by atoms with Crippen molar-refractivity contribution < 1.29 is 14.6 Å². The van der Waals surface area contributed by atoms with Gasteiger partial charge in [-0.3, -0.25) is 0 Å². The van der Waals surface area contributed by atoms with E-state index in [2.05, 4.69) is 5.32 Å². The van der Waals surface area contributed by atoms with Gasteiger partial charge in [0.15, 0.2) is 0 Å². The van der Waals surface area contributed by atoms with E-state index in [0.29, 0.717) is 5.92 Å². The molecule has 2 N–H and O–H groups in total. The van der Waals surface area contributed by atoms with Gasteiger partial charge in [0.2, 0.25) is 0 Å². The fourth-order valence-electron chi connectivity index (χ4n) is 2.89. The summed E-state index contributed by atoms with van der Waals surface area (Å²) in [6, 6.07) is 7.83. The molecule has 0 aliphatic carbocycles. The van der Waals surface area contributed by atoms with Gasteiger partial charge in [0, 0.05) is 25.3 Å². The Balaban J connectivity index is 1.87. The van der Waals surface area contributed by atoms with Gasteiger partial charge in [0.25, 0.3) is 0 Å². The summed E-state index contributed by atoms with van der Waals surface area (Å²) < 4.78 is 5.47. The molecule has 0 bridgehead atoms. The third-order valence-corrected chi connectivity index (χ3v) is 4.13. The van der Waals surface area contributed by atoms with Gasteiger partial charge < -0.3 is 20.1 Å². The number of anilines is 1. The molecule has 5 heteroatoms. The maximum Gasteiger partial charge on any atom is 0.410 e. The number of hydrogen-bond acceptors (Lipinski definition) is 4. The van der Waals surface area contributed by atoms with Crippen LogP contribution in [0.3, 0.4) is 0 Å². The van der Waals surface area contributed by atoms with E-state index in [-0.39, 0.29) is 6.09 Å². The van der Waals surface area contributed by atoms with Gasteiger partial charge >= 0.3 is 6.09 Å². The maximum absolute atomic E-state index is 12.2. The third-order valence-electron chi connectivity index (χ3n) is 4.13. The van der Waals surface area contributed by atoms with E-state index >= 15 is 0 Å². The SMILES string of the molecule is CC(O)c1cccc(NCC2CCCN(C(=O)OC(C)(C)C)C2)c1. The van der Waals surface area contributed by atoms with Gasteiger partial charge in [-0.25, -0.2) is 4.79 Å². The quantitative estimate of drug-likeness (QED) is 0.879. The smallest absolute Gasteiger partial charge is 0.410 e. The van der Waals surface area contributed by atoms with Gasteiger partial charge in [0.05, 0.1) is 6.10 Å². The lowest BCUT2D eigenvalue weighted by atomic mass is 9.98. The largest absolute Gasteiger partial charge is 0.444 e. The van der Waals surface area contributed by atoms with Crippen molar-refractivity contribution in [1.82, 2.24) is 4.90 Å². The number of aliphatic hydroxyl groups excluding tert-OH is 1. The molecule has 1 saturated heterocycles. The van der Waals surface area contributed by atoms with Crippen molar-refractivity contribution in [3.63, 3.8) is 0 Å². The number of nitrogens with one attached hydrogen (secondary N) is 1. The second-order valence-corrected chi connectivity index (χ2v) is 7.62. The number of nitrogens with zero attached hydrogens (tertiary/aromatic N) is 1. The Kier molecular flexibility index (Phi) is 6.10. The van der Waals surface area contributed by atoms with Crippen LogP contribution in [0.4, 0.5) is 10.5 Å². The van der Waals surface area contributed by atoms with Crippen molar-refractivity contribution >= 4 is 11.8 Å². The van der Waals surface area contributed by atoms with Crippen molar-refractivity contribution in [1.29, 1.82) is 0 Å². The number of rotatable bonds is 4. The van der Waals surface area contributed by atoms with E-state index in [1.165, 1.54) is 0 Å². The molecule has 2 rings (SSSR count). The van der Waals surface area contributed by atoms with Crippen molar-refractivity contribution in [3.8, 4) is 0 Å². The topological polar surface area (TPSA) is 61.8 Å². The maximum atomic E-state index is 12.2. The summed E-state index contributed by atoms with van der Waals surface area (Å²) in [6.07, 6.45) is 1.41. The Morgan fingerprint density at radius 1 is 1.46 bits per heavy atom. The zero-order chi connectivity index (χ0) is 17.7. The van der Waals surface area contributed by atoms with Gasteiger partial charge in [-0.05, 0) is 64.2 Å². The number of benzene rings is 1. The number of hydrogen-bond donors (Lipinski definition) is 2. The first-order valence-electron chi connectivity index (χ1n) is 8.74. The Labute approximate surface area is 145 Å². The van der Waals surface area contributed by atoms with Crippen LogP contribution in [0.15, 0.2) is 24.3 Å². The summed E-state index contributed by atoms with van der Waals surface area (Å²) in [5, 5.41) is 13.1. The second-order valence-electron chi connectivity index (χ2n) is 7.62. The van der Waals surface area contributed by atoms with Crippen LogP contribution in [0.1, 0.15) is 52.2 Å². The number of aliphatic hydroxyl groups is 1. The number of likely N-dealkylation sites (tertiary alicyclic amines) is 1. The van der Waals surface area contributed by atoms with E-state index in [1.54, 1.807) is 6.92 Å². The first-order chi connectivity index (χ1) is 11.2. The average Bonchev–Trinajstić information content (AvgIpc) is 2.52. The van der Waals surface area contributed by atoms with E-state index in [4.69, 9.17) is 4.74 Å². The van der Waals surface area contributed by atoms with Crippen LogP contribution in [0, 0.1) is 5.92 Å². The third kappa shape index (κ3) is 5.71. The normalized spacial score (nSPS) is 19.7. The van der Waals surface area contributed by atoms with Gasteiger partial charge in [-0.1, -0.05) is 12.1 Å². The van der Waals surface area contributed by atoms with Crippen molar-refractivity contribution in [3.05, 3.63) is 29.8 Å². The second kappa shape index (κ2) is 7.88. The molecule has 1 aromatic carbocycles. The standard InChI is InChI=1S/C19H30N2O3/c1-14(22)16-8-5-9-17(11-16)20-12-15-7-6-10-21(13-15)18(23)24-19(2,3)4/h5,8-9,11,14-15,20,22H,6-7,10,12-13H2,1-4H3. The predicted octanol–water partition coefficient (Wildman–Crippen LogP) is 3.80. The Bertz CT molecular complexity index is 552. The number of carbonyl (C=O) groups excluding carboxylic acids is 1. The highest BCUT2D eigenvalue weighted by Crippen LogP contribution is 2.21. The van der Waals surface area contributed by atoms with Crippen LogP contribution in [0.2, 0.25) is 0 Å². The fraction of sp³-hybridized carbons (Fsp3) is 0.632. The molecule has 24 heavy (non-hydrogen) atoms. The Morgan fingerprint density at radius 2 is 2.21 bits per heavy atom. The van der Waals surface area contributed by atoms with E-state index < -0.39 is 11.7 Å². The van der Waals surface area contributed by atoms with Crippen molar-refractivity contribution in [2.24, 2.45) is 5.92 Å². The van der Waals surface area contributed by atoms with Gasteiger partial charge in [-0.15, -0.1) is 0 Å². The summed E-state index contributed by atoms with van der Waals surface area (Å²) in [5.74, 6) is 0.404. The van der Waals surface area contributed by atoms with E-state index in [9.17, 15) is 9.90 Å². The molecular formula is C19H30N2O3. The molecule has 5 nitrogen and oxygen atoms in total. The first kappa shape index (κ1) is 18.6. The molecule has 1 heterocycles. The van der Waals surface area contributed by atoms with Crippen molar-refractivity contribution in [2.45, 2.75) is 52.2 Å². The predicted molar refractivity (Wildman–Crippen MR) is 96.1 cm³/mol. The van der Waals surface area contributed by atoms with Crippen LogP contribution < -0.4 is 5.32 Å². The minimum atomic E-state index is -0.468. The molecule has 0 radical (unpaired) electrons. The zero-order valence-corrected chi connectivity index (χ0v) is 15.2. The zero-order valence-electron chi connectivity index (χ0n) is 15.2. The van der Waals surface area contributed by atoms with Crippen molar-refractivity contribution in [2.75, 3.05) is 25.0 Å². The summed E-state index contributed by atoms with van der Waals surface area (Å²) in [4.78, 5) is 14.0. The molecule has 1 aliphatic rings. The molecule has 2 atom stereocenters. The number of amides is 1. The highest BCUT2D eigenvalue weighted by atomic mass is 16.6. The highest BCUT2D eigenvalue weighted by Gasteiger charge is 2.27. The molecular weight excluding hydrogens is 304 g/mol. The molecule has 0 saturated carbocycles.